The van der Waals surface area contributed by atoms with Gasteiger partial charge in [-0.1, -0.05) is 44.7 Å². The van der Waals surface area contributed by atoms with Crippen molar-refractivity contribution >= 4 is 28.5 Å². The Labute approximate surface area is 194 Å². The van der Waals surface area contributed by atoms with Gasteiger partial charge in [-0.15, -0.1) is 0 Å². The lowest BCUT2D eigenvalue weighted by molar-refractivity contribution is -0.119. The fraction of sp³-hybridized carbons (Fsp3) is 0.444. The monoisotopic (exact) mass is 444 g/mol. The first kappa shape index (κ1) is 21.7. The highest BCUT2D eigenvalue weighted by Crippen LogP contribution is 2.28. The van der Waals surface area contributed by atoms with Gasteiger partial charge < -0.3 is 15.6 Å². The van der Waals surface area contributed by atoms with E-state index in [0.717, 1.165) is 60.2 Å². The Morgan fingerprint density at radius 2 is 1.67 bits per heavy atom. The maximum absolute atomic E-state index is 12.7. The smallest absolute Gasteiger partial charge is 0.251 e. The molecule has 1 aromatic heterocycles. The Kier molecular flexibility index (Phi) is 6.16. The number of nitrogens with one attached hydrogen (secondary N) is 3. The van der Waals surface area contributed by atoms with Gasteiger partial charge in [-0.3, -0.25) is 9.59 Å². The third-order valence-electron chi connectivity index (χ3n) is 7.32. The van der Waals surface area contributed by atoms with E-state index < -0.39 is 0 Å². The topological polar surface area (TPSA) is 86.9 Å². The minimum Gasteiger partial charge on any atom is -0.349 e. The molecule has 2 atom stereocenters. The average Bonchev–Trinajstić information content (AvgIpc) is 3.51. The second-order valence-corrected chi connectivity index (χ2v) is 9.71. The van der Waals surface area contributed by atoms with Crippen LogP contribution in [0.2, 0.25) is 0 Å². The van der Waals surface area contributed by atoms with E-state index in [1.165, 1.54) is 19.3 Å². The molecule has 2 unspecified atom stereocenters. The van der Waals surface area contributed by atoms with E-state index in [1.54, 1.807) is 0 Å². The summed E-state index contributed by atoms with van der Waals surface area (Å²) in [4.78, 5) is 33.2. The first-order valence-corrected chi connectivity index (χ1v) is 12.3. The van der Waals surface area contributed by atoms with E-state index in [1.807, 2.05) is 42.5 Å². The van der Waals surface area contributed by atoms with Gasteiger partial charge in [-0.25, -0.2) is 4.98 Å². The standard InChI is InChI=1S/C27H32N4O2/c1-17-6-2-5-9-22(17)31-27(33)20-12-10-18(11-13-20)25-29-23-15-14-21(16-24(23)30-25)28-26(32)19-7-3-4-8-19/h10-17,19,22H,2-9H2,1H3,(H,28,32)(H,29,30)(H,31,33). The van der Waals surface area contributed by atoms with Gasteiger partial charge >= 0.3 is 0 Å². The molecule has 2 saturated carbocycles. The Balaban J connectivity index is 1.27. The van der Waals surface area contributed by atoms with Crippen LogP contribution in [-0.2, 0) is 4.79 Å². The molecule has 2 aliphatic carbocycles. The Morgan fingerprint density at radius 1 is 0.939 bits per heavy atom. The largest absolute Gasteiger partial charge is 0.349 e. The van der Waals surface area contributed by atoms with Crippen LogP contribution in [0.4, 0.5) is 5.69 Å². The zero-order valence-electron chi connectivity index (χ0n) is 19.2. The molecule has 33 heavy (non-hydrogen) atoms. The summed E-state index contributed by atoms with van der Waals surface area (Å²) >= 11 is 0. The van der Waals surface area contributed by atoms with E-state index in [4.69, 9.17) is 0 Å². The molecule has 5 rings (SSSR count). The van der Waals surface area contributed by atoms with Gasteiger partial charge in [0.1, 0.15) is 5.82 Å². The van der Waals surface area contributed by atoms with Crippen LogP contribution >= 0.6 is 0 Å². The van der Waals surface area contributed by atoms with E-state index in [9.17, 15) is 9.59 Å². The second kappa shape index (κ2) is 9.38. The SMILES string of the molecule is CC1CCCCC1NC(=O)c1ccc(-c2nc3ccc(NC(=O)C4CCCC4)cc3[nH]2)cc1. The second-order valence-electron chi connectivity index (χ2n) is 9.71. The van der Waals surface area contributed by atoms with Crippen LogP contribution in [-0.4, -0.2) is 27.8 Å². The summed E-state index contributed by atoms with van der Waals surface area (Å²) in [5, 5.41) is 6.26. The Hall–Kier alpha value is -3.15. The number of hydrogen-bond acceptors (Lipinski definition) is 3. The summed E-state index contributed by atoms with van der Waals surface area (Å²) in [5.74, 6) is 1.52. The molecule has 0 radical (unpaired) electrons. The highest BCUT2D eigenvalue weighted by molar-refractivity contribution is 5.96. The number of hydrogen-bond donors (Lipinski definition) is 3. The number of fused-ring (bicyclic) bond motifs is 1. The minimum atomic E-state index is -0.00690. The molecule has 2 aromatic carbocycles. The fourth-order valence-corrected chi connectivity index (χ4v) is 5.22. The zero-order chi connectivity index (χ0) is 22.8. The number of imidazole rings is 1. The highest BCUT2D eigenvalue weighted by Gasteiger charge is 2.24. The molecule has 0 bridgehead atoms. The third-order valence-corrected chi connectivity index (χ3v) is 7.32. The Morgan fingerprint density at radius 3 is 2.42 bits per heavy atom. The van der Waals surface area contributed by atoms with Crippen molar-refractivity contribution in [3.63, 3.8) is 0 Å². The van der Waals surface area contributed by atoms with Crippen molar-refractivity contribution < 1.29 is 9.59 Å². The molecule has 0 spiro atoms. The Bertz CT molecular complexity index is 1140. The summed E-state index contributed by atoms with van der Waals surface area (Å²) in [5.41, 5.74) is 4.10. The average molecular weight is 445 g/mol. The van der Waals surface area contributed by atoms with Gasteiger partial charge in [0.05, 0.1) is 11.0 Å². The van der Waals surface area contributed by atoms with Crippen molar-refractivity contribution in [2.24, 2.45) is 11.8 Å². The fourth-order valence-electron chi connectivity index (χ4n) is 5.22. The van der Waals surface area contributed by atoms with Crippen LogP contribution in [0.15, 0.2) is 42.5 Å². The highest BCUT2D eigenvalue weighted by atomic mass is 16.2. The number of H-pyrrole nitrogens is 1. The summed E-state index contributed by atoms with van der Waals surface area (Å²) in [6, 6.07) is 13.6. The van der Waals surface area contributed by atoms with Crippen molar-refractivity contribution in [2.75, 3.05) is 5.32 Å². The summed E-state index contributed by atoms with van der Waals surface area (Å²) in [6.07, 6.45) is 8.93. The molecule has 6 heteroatoms. The van der Waals surface area contributed by atoms with Crippen LogP contribution in [0.3, 0.4) is 0 Å². The molecular formula is C27H32N4O2. The molecule has 2 fully saturated rings. The van der Waals surface area contributed by atoms with Gasteiger partial charge in [0.25, 0.3) is 5.91 Å². The number of anilines is 1. The van der Waals surface area contributed by atoms with Gasteiger partial charge in [-0.05, 0) is 61.9 Å². The molecule has 3 N–H and O–H groups in total. The quantitative estimate of drug-likeness (QED) is 0.474. The molecule has 0 saturated heterocycles. The van der Waals surface area contributed by atoms with Crippen LogP contribution in [0, 0.1) is 11.8 Å². The van der Waals surface area contributed by atoms with Crippen molar-refractivity contribution in [3.8, 4) is 11.4 Å². The number of benzene rings is 2. The number of aromatic amines is 1. The summed E-state index contributed by atoms with van der Waals surface area (Å²) in [7, 11) is 0. The molecule has 1 heterocycles. The lowest BCUT2D eigenvalue weighted by atomic mass is 9.86. The minimum absolute atomic E-state index is 0.00690. The molecule has 6 nitrogen and oxygen atoms in total. The summed E-state index contributed by atoms with van der Waals surface area (Å²) < 4.78 is 0. The van der Waals surface area contributed by atoms with Crippen molar-refractivity contribution in [2.45, 2.75) is 64.3 Å². The zero-order valence-corrected chi connectivity index (χ0v) is 19.2. The van der Waals surface area contributed by atoms with Crippen LogP contribution in [0.1, 0.15) is 68.6 Å². The molecular weight excluding hydrogens is 412 g/mol. The van der Waals surface area contributed by atoms with E-state index in [-0.39, 0.29) is 23.8 Å². The molecule has 172 valence electrons. The van der Waals surface area contributed by atoms with E-state index in [0.29, 0.717) is 11.5 Å². The van der Waals surface area contributed by atoms with Crippen LogP contribution in [0.25, 0.3) is 22.4 Å². The maximum atomic E-state index is 12.7. The molecule has 3 aromatic rings. The number of nitrogens with zero attached hydrogens (tertiary/aromatic N) is 1. The third kappa shape index (κ3) is 4.80. The molecule has 2 aliphatic rings. The molecule has 0 aliphatic heterocycles. The number of amides is 2. The number of carbonyl (C=O) groups excluding carboxylic acids is 2. The lowest BCUT2D eigenvalue weighted by Gasteiger charge is -2.29. The van der Waals surface area contributed by atoms with Crippen molar-refractivity contribution in [1.29, 1.82) is 0 Å². The van der Waals surface area contributed by atoms with Gasteiger partial charge in [0.15, 0.2) is 0 Å². The number of rotatable bonds is 5. The van der Waals surface area contributed by atoms with Gasteiger partial charge in [0, 0.05) is 28.8 Å². The maximum Gasteiger partial charge on any atom is 0.251 e. The predicted octanol–water partition coefficient (Wildman–Crippen LogP) is 5.67. The normalized spacial score (nSPS) is 21.2. The van der Waals surface area contributed by atoms with E-state index >= 15 is 0 Å². The number of aromatic nitrogens is 2. The first-order chi connectivity index (χ1) is 16.1. The van der Waals surface area contributed by atoms with Crippen LogP contribution < -0.4 is 10.6 Å². The first-order valence-electron chi connectivity index (χ1n) is 12.3. The van der Waals surface area contributed by atoms with Crippen molar-refractivity contribution in [3.05, 3.63) is 48.0 Å². The summed E-state index contributed by atoms with van der Waals surface area (Å²) in [6.45, 7) is 2.22. The predicted molar refractivity (Wildman–Crippen MR) is 131 cm³/mol. The van der Waals surface area contributed by atoms with Crippen molar-refractivity contribution in [1.82, 2.24) is 15.3 Å². The molecule has 2 amide bonds. The van der Waals surface area contributed by atoms with Crippen LogP contribution in [0.5, 0.6) is 0 Å². The van der Waals surface area contributed by atoms with Gasteiger partial charge in [0.2, 0.25) is 5.91 Å². The lowest BCUT2D eigenvalue weighted by Crippen LogP contribution is -2.41. The van der Waals surface area contributed by atoms with Gasteiger partial charge in [-0.2, -0.15) is 0 Å². The number of carbonyl (C=O) groups is 2. The van der Waals surface area contributed by atoms with E-state index in [2.05, 4.69) is 27.5 Å².